The van der Waals surface area contributed by atoms with Crippen LogP contribution in [0.1, 0.15) is 52.4 Å². The molecule has 0 saturated carbocycles. The van der Waals surface area contributed by atoms with E-state index in [1.165, 1.54) is 6.42 Å². The molecule has 1 aromatic carbocycles. The maximum atomic E-state index is 12.6. The normalized spacial score (nSPS) is 10.3. The largest absolute Gasteiger partial charge is 0.309 e. The summed E-state index contributed by atoms with van der Waals surface area (Å²) in [5.41, 5.74) is 1.71. The van der Waals surface area contributed by atoms with Gasteiger partial charge in [-0.1, -0.05) is 57.9 Å². The highest BCUT2D eigenvalue weighted by atomic mass is 16.2. The average Bonchev–Trinajstić information content (AvgIpc) is 2.48. The van der Waals surface area contributed by atoms with Gasteiger partial charge in [-0.15, -0.1) is 0 Å². The molecule has 110 valence electrons. The Bertz CT molecular complexity index is 411. The molecule has 0 aromatic heterocycles. The molecule has 1 amide bonds. The highest BCUT2D eigenvalue weighted by Gasteiger charge is 2.17. The van der Waals surface area contributed by atoms with Crippen molar-refractivity contribution in [3.05, 3.63) is 42.5 Å². The van der Waals surface area contributed by atoms with Crippen LogP contribution >= 0.6 is 0 Å². The average molecular weight is 273 g/mol. The smallest absolute Gasteiger partial charge is 0.253 e. The first-order chi connectivity index (χ1) is 9.70. The van der Waals surface area contributed by atoms with E-state index in [0.29, 0.717) is 0 Å². The van der Waals surface area contributed by atoms with Gasteiger partial charge in [0.15, 0.2) is 0 Å². The highest BCUT2D eigenvalue weighted by molar-refractivity contribution is 6.05. The molecule has 0 unspecified atom stereocenters. The van der Waals surface area contributed by atoms with Crippen LogP contribution in [0.15, 0.2) is 42.5 Å². The summed E-state index contributed by atoms with van der Waals surface area (Å²) < 4.78 is 0. The Kier molecular flexibility index (Phi) is 7.71. The Morgan fingerprint density at radius 2 is 1.70 bits per heavy atom. The summed E-state index contributed by atoms with van der Waals surface area (Å²) in [5.74, 6) is 0.0840. The molecule has 0 N–H and O–H groups in total. The molecule has 0 aliphatic carbocycles. The second-order valence-electron chi connectivity index (χ2n) is 5.21. The van der Waals surface area contributed by atoms with Gasteiger partial charge in [0.05, 0.1) is 0 Å². The van der Waals surface area contributed by atoms with Gasteiger partial charge in [0.25, 0.3) is 5.91 Å². The Morgan fingerprint density at radius 3 is 2.30 bits per heavy atom. The zero-order valence-corrected chi connectivity index (χ0v) is 12.9. The Labute approximate surface area is 123 Å². The fourth-order valence-electron chi connectivity index (χ4n) is 2.16. The number of carbonyl (C=O) groups is 1. The number of rotatable bonds is 9. The molecule has 0 saturated heterocycles. The number of hydrogen-bond donors (Lipinski definition) is 0. The van der Waals surface area contributed by atoms with Crippen LogP contribution in [0.4, 0.5) is 5.69 Å². The first-order valence-electron chi connectivity index (χ1n) is 7.75. The van der Waals surface area contributed by atoms with Crippen molar-refractivity contribution in [1.29, 1.82) is 0 Å². The summed E-state index contributed by atoms with van der Waals surface area (Å²) in [7, 11) is 0. The number of anilines is 1. The minimum Gasteiger partial charge on any atom is -0.309 e. The SMILES string of the molecule is C=C(CCCCC)C(=O)N(CCCC)c1ccccc1. The van der Waals surface area contributed by atoms with Crippen molar-refractivity contribution >= 4 is 11.6 Å². The second kappa shape index (κ2) is 9.35. The summed E-state index contributed by atoms with van der Waals surface area (Å²) in [6.07, 6.45) is 6.29. The summed E-state index contributed by atoms with van der Waals surface area (Å²) in [5, 5.41) is 0. The Hall–Kier alpha value is -1.57. The topological polar surface area (TPSA) is 20.3 Å². The molecular weight excluding hydrogens is 246 g/mol. The van der Waals surface area contributed by atoms with E-state index in [2.05, 4.69) is 20.4 Å². The van der Waals surface area contributed by atoms with Crippen molar-refractivity contribution in [3.63, 3.8) is 0 Å². The third-order valence-electron chi connectivity index (χ3n) is 3.43. The molecule has 1 rings (SSSR count). The maximum Gasteiger partial charge on any atom is 0.253 e. The third-order valence-corrected chi connectivity index (χ3v) is 3.43. The molecule has 2 nitrogen and oxygen atoms in total. The fourth-order valence-corrected chi connectivity index (χ4v) is 2.16. The Morgan fingerprint density at radius 1 is 1.05 bits per heavy atom. The highest BCUT2D eigenvalue weighted by Crippen LogP contribution is 2.19. The predicted octanol–water partition coefficient (Wildman–Crippen LogP) is 4.96. The van der Waals surface area contributed by atoms with Crippen molar-refractivity contribution in [2.45, 2.75) is 52.4 Å². The molecule has 0 radical (unpaired) electrons. The van der Waals surface area contributed by atoms with Crippen LogP contribution in [0.3, 0.4) is 0 Å². The number of para-hydroxylation sites is 1. The standard InChI is InChI=1S/C18H27NO/c1-4-6-9-12-16(3)18(20)19(15-7-5-2)17-13-10-8-11-14-17/h8,10-11,13-14H,3-7,9,12,15H2,1-2H3. The summed E-state index contributed by atoms with van der Waals surface area (Å²) in [4.78, 5) is 14.4. The Balaban J connectivity index is 2.72. The summed E-state index contributed by atoms with van der Waals surface area (Å²) in [6, 6.07) is 9.91. The van der Waals surface area contributed by atoms with Gasteiger partial charge in [0.2, 0.25) is 0 Å². The van der Waals surface area contributed by atoms with E-state index in [9.17, 15) is 4.79 Å². The van der Waals surface area contributed by atoms with Crippen molar-refractivity contribution in [3.8, 4) is 0 Å². The lowest BCUT2D eigenvalue weighted by Gasteiger charge is -2.23. The molecule has 0 fully saturated rings. The quantitative estimate of drug-likeness (QED) is 0.460. The molecule has 0 spiro atoms. The van der Waals surface area contributed by atoms with Crippen LogP contribution in [0.25, 0.3) is 0 Å². The molecule has 0 bridgehead atoms. The minimum atomic E-state index is 0.0840. The molecule has 2 heteroatoms. The van der Waals surface area contributed by atoms with E-state index in [-0.39, 0.29) is 5.91 Å². The zero-order valence-electron chi connectivity index (χ0n) is 12.9. The molecule has 0 aliphatic rings. The van der Waals surface area contributed by atoms with Crippen LogP contribution in [0, 0.1) is 0 Å². The van der Waals surface area contributed by atoms with Crippen LogP contribution in [0.5, 0.6) is 0 Å². The predicted molar refractivity (Wildman–Crippen MR) is 87.0 cm³/mol. The van der Waals surface area contributed by atoms with Gasteiger partial charge >= 0.3 is 0 Å². The van der Waals surface area contributed by atoms with E-state index in [1.807, 2.05) is 35.2 Å². The summed E-state index contributed by atoms with van der Waals surface area (Å²) in [6.45, 7) is 9.07. The molecule has 0 aliphatic heterocycles. The van der Waals surface area contributed by atoms with Crippen LogP contribution in [0.2, 0.25) is 0 Å². The number of hydrogen-bond acceptors (Lipinski definition) is 1. The lowest BCUT2D eigenvalue weighted by molar-refractivity contribution is -0.115. The first-order valence-corrected chi connectivity index (χ1v) is 7.75. The number of amides is 1. The van der Waals surface area contributed by atoms with Crippen molar-refractivity contribution in [2.75, 3.05) is 11.4 Å². The zero-order chi connectivity index (χ0) is 14.8. The van der Waals surface area contributed by atoms with E-state index in [0.717, 1.165) is 49.9 Å². The molecule has 0 heterocycles. The van der Waals surface area contributed by atoms with E-state index in [4.69, 9.17) is 0 Å². The molecular formula is C18H27NO. The van der Waals surface area contributed by atoms with Gasteiger partial charge in [-0.2, -0.15) is 0 Å². The first kappa shape index (κ1) is 16.5. The van der Waals surface area contributed by atoms with E-state index in [1.54, 1.807) is 0 Å². The van der Waals surface area contributed by atoms with Gasteiger partial charge in [-0.25, -0.2) is 0 Å². The van der Waals surface area contributed by atoms with Crippen molar-refractivity contribution < 1.29 is 4.79 Å². The lowest BCUT2D eigenvalue weighted by atomic mass is 10.1. The van der Waals surface area contributed by atoms with E-state index < -0.39 is 0 Å². The molecule has 1 aromatic rings. The van der Waals surface area contributed by atoms with Crippen LogP contribution in [-0.2, 0) is 4.79 Å². The van der Waals surface area contributed by atoms with Crippen molar-refractivity contribution in [2.24, 2.45) is 0 Å². The van der Waals surface area contributed by atoms with Gasteiger partial charge in [-0.3, -0.25) is 4.79 Å². The van der Waals surface area contributed by atoms with Crippen LogP contribution < -0.4 is 4.90 Å². The van der Waals surface area contributed by atoms with Gasteiger partial charge in [0, 0.05) is 17.8 Å². The van der Waals surface area contributed by atoms with E-state index >= 15 is 0 Å². The third kappa shape index (κ3) is 5.20. The summed E-state index contributed by atoms with van der Waals surface area (Å²) >= 11 is 0. The number of carbonyl (C=O) groups excluding carboxylic acids is 1. The minimum absolute atomic E-state index is 0.0840. The number of nitrogens with zero attached hydrogens (tertiary/aromatic N) is 1. The monoisotopic (exact) mass is 273 g/mol. The van der Waals surface area contributed by atoms with Crippen molar-refractivity contribution in [1.82, 2.24) is 0 Å². The molecule has 0 atom stereocenters. The molecule has 20 heavy (non-hydrogen) atoms. The maximum absolute atomic E-state index is 12.6. The van der Waals surface area contributed by atoms with Gasteiger partial charge in [0.1, 0.15) is 0 Å². The van der Waals surface area contributed by atoms with Gasteiger partial charge < -0.3 is 4.90 Å². The lowest BCUT2D eigenvalue weighted by Crippen LogP contribution is -2.32. The second-order valence-corrected chi connectivity index (χ2v) is 5.21. The fraction of sp³-hybridized carbons (Fsp3) is 0.500. The van der Waals surface area contributed by atoms with Crippen LogP contribution in [-0.4, -0.2) is 12.5 Å². The number of benzene rings is 1. The van der Waals surface area contributed by atoms with Gasteiger partial charge in [-0.05, 0) is 31.4 Å². The number of unbranched alkanes of at least 4 members (excludes halogenated alkanes) is 3.